The smallest absolute Gasteiger partial charge is 0.255 e. The molecule has 1 atom stereocenters. The van der Waals surface area contributed by atoms with E-state index in [2.05, 4.69) is 10.1 Å². The highest BCUT2D eigenvalue weighted by Gasteiger charge is 2.43. The predicted molar refractivity (Wildman–Crippen MR) is 133 cm³/mol. The summed E-state index contributed by atoms with van der Waals surface area (Å²) in [6.45, 7) is 0.673. The number of rotatable bonds is 6. The zero-order valence-electron chi connectivity index (χ0n) is 19.9. The summed E-state index contributed by atoms with van der Waals surface area (Å²) < 4.78 is 43.7. The van der Waals surface area contributed by atoms with Gasteiger partial charge in [0.2, 0.25) is 0 Å². The lowest BCUT2D eigenvalue weighted by Crippen LogP contribution is -2.45. The third kappa shape index (κ3) is 3.89. The van der Waals surface area contributed by atoms with Crippen molar-refractivity contribution in [3.05, 3.63) is 77.2 Å². The second-order valence-corrected chi connectivity index (χ2v) is 9.30. The van der Waals surface area contributed by atoms with Crippen LogP contribution in [0.4, 0.5) is 8.78 Å². The number of ether oxygens (including phenoxy) is 2. The molecule has 0 spiro atoms. The molecule has 2 aliphatic rings. The molecule has 2 aromatic carbocycles. The number of nitrogens with zero attached hydrogens (tertiary/aromatic N) is 4. The van der Waals surface area contributed by atoms with Crippen LogP contribution in [0.15, 0.2) is 48.8 Å². The average molecular weight is 496 g/mol. The lowest BCUT2D eigenvalue weighted by molar-refractivity contribution is -0.0718. The molecule has 0 aliphatic carbocycles. The molecule has 1 amide bonds. The van der Waals surface area contributed by atoms with Crippen molar-refractivity contribution < 1.29 is 23.0 Å². The fourth-order valence-corrected chi connectivity index (χ4v) is 4.77. The number of amides is 1. The van der Waals surface area contributed by atoms with Crippen LogP contribution in [0.3, 0.4) is 0 Å². The number of carbonyl (C=O) groups is 1. The number of aromatic nitrogens is 3. The van der Waals surface area contributed by atoms with Crippen LogP contribution in [0.5, 0.6) is 5.75 Å². The number of hydrogen-bond acceptors (Lipinski definition) is 5. The quantitative estimate of drug-likeness (QED) is 0.384. The van der Waals surface area contributed by atoms with Gasteiger partial charge in [0.15, 0.2) is 0 Å². The van der Waals surface area contributed by atoms with Gasteiger partial charge < -0.3 is 14.4 Å². The number of halogens is 2. The van der Waals surface area contributed by atoms with Crippen LogP contribution in [0.1, 0.15) is 28.0 Å². The van der Waals surface area contributed by atoms with Crippen LogP contribution in [0.25, 0.3) is 22.0 Å². The van der Waals surface area contributed by atoms with Gasteiger partial charge in [0.05, 0.1) is 39.6 Å². The van der Waals surface area contributed by atoms with Gasteiger partial charge in [-0.1, -0.05) is 0 Å². The molecule has 7 nitrogen and oxygen atoms in total. The lowest BCUT2D eigenvalue weighted by atomic mass is 9.59. The molecular formula is C26H20B2F2N4O3. The Kier molecular flexibility index (Phi) is 5.56. The van der Waals surface area contributed by atoms with Crippen molar-refractivity contribution >= 4 is 32.5 Å². The Bertz CT molecular complexity index is 1530. The van der Waals surface area contributed by atoms with E-state index < -0.39 is 29.4 Å². The van der Waals surface area contributed by atoms with E-state index >= 15 is 8.78 Å². The number of pyridine rings is 1. The molecule has 2 aromatic heterocycles. The molecular weight excluding hydrogens is 476 g/mol. The van der Waals surface area contributed by atoms with Crippen LogP contribution < -0.4 is 4.74 Å². The van der Waals surface area contributed by atoms with Crippen LogP contribution in [0, 0.1) is 11.6 Å². The van der Waals surface area contributed by atoms with Gasteiger partial charge in [0.1, 0.15) is 29.5 Å². The number of carbonyl (C=O) groups excluding carboxylic acids is 1. The largest absolute Gasteiger partial charge is 0.489 e. The van der Waals surface area contributed by atoms with E-state index in [1.165, 1.54) is 24.4 Å². The number of hydrogen-bond donors (Lipinski definition) is 0. The molecule has 4 aromatic rings. The van der Waals surface area contributed by atoms with Gasteiger partial charge in [0, 0.05) is 48.8 Å². The standard InChI is InChI=1S/C26H20B2F2N4O3/c1-33-11-18-16(4-5-22(23(18)32-33)37-13-15-6-8-36-15)14-9-20(29)19(21(30)10-14)12-34-25(35)17-3-2-7-31-24(17)26(34,27)28/h2-5,7,9-11,15H,6,8,12-13H2,1H3. The molecule has 6 rings (SSSR count). The van der Waals surface area contributed by atoms with E-state index in [9.17, 15) is 4.79 Å². The molecule has 1 unspecified atom stereocenters. The van der Waals surface area contributed by atoms with Crippen LogP contribution in [-0.4, -0.2) is 60.6 Å². The minimum Gasteiger partial charge on any atom is -0.489 e. The first kappa shape index (κ1) is 23.7. The second-order valence-electron chi connectivity index (χ2n) is 9.30. The molecule has 4 radical (unpaired) electrons. The highest BCUT2D eigenvalue weighted by atomic mass is 19.1. The maximum atomic E-state index is 15.4. The maximum Gasteiger partial charge on any atom is 0.255 e. The van der Waals surface area contributed by atoms with Gasteiger partial charge in [0.25, 0.3) is 5.91 Å². The van der Waals surface area contributed by atoms with E-state index in [1.54, 1.807) is 36.1 Å². The first-order valence-electron chi connectivity index (χ1n) is 11.8. The average Bonchev–Trinajstić information content (AvgIpc) is 3.31. The summed E-state index contributed by atoms with van der Waals surface area (Å²) in [5, 5.41) is 3.36. The van der Waals surface area contributed by atoms with Crippen molar-refractivity contribution in [3.8, 4) is 16.9 Å². The summed E-state index contributed by atoms with van der Waals surface area (Å²) in [4.78, 5) is 18.0. The van der Waals surface area contributed by atoms with E-state index in [4.69, 9.17) is 25.2 Å². The predicted octanol–water partition coefficient (Wildman–Crippen LogP) is 3.18. The Balaban J connectivity index is 1.33. The molecule has 37 heavy (non-hydrogen) atoms. The number of fused-ring (bicyclic) bond motifs is 2. The van der Waals surface area contributed by atoms with E-state index in [0.29, 0.717) is 34.4 Å². The summed E-state index contributed by atoms with van der Waals surface area (Å²) in [5.41, 5.74) is 1.51. The van der Waals surface area contributed by atoms with Crippen molar-refractivity contribution in [3.63, 3.8) is 0 Å². The van der Waals surface area contributed by atoms with E-state index in [1.807, 2.05) is 0 Å². The van der Waals surface area contributed by atoms with Crippen LogP contribution in [-0.2, 0) is 23.7 Å². The lowest BCUT2D eigenvalue weighted by Gasteiger charge is -2.33. The summed E-state index contributed by atoms with van der Waals surface area (Å²) >= 11 is 0. The van der Waals surface area contributed by atoms with Gasteiger partial charge in [-0.2, -0.15) is 5.10 Å². The molecule has 1 saturated heterocycles. The first-order chi connectivity index (χ1) is 17.7. The van der Waals surface area contributed by atoms with Crippen LogP contribution in [0.2, 0.25) is 0 Å². The third-order valence-corrected chi connectivity index (χ3v) is 6.85. The monoisotopic (exact) mass is 496 g/mol. The Morgan fingerprint density at radius 3 is 2.62 bits per heavy atom. The summed E-state index contributed by atoms with van der Waals surface area (Å²) in [6.07, 6.45) is 4.22. The van der Waals surface area contributed by atoms with E-state index in [-0.39, 0.29) is 22.9 Å². The molecule has 182 valence electrons. The molecule has 0 bridgehead atoms. The minimum atomic E-state index is -1.80. The topological polar surface area (TPSA) is 69.5 Å². The number of aryl methyl sites for hydroxylation is 1. The summed E-state index contributed by atoms with van der Waals surface area (Å²) in [6, 6.07) is 9.03. The Labute approximate surface area is 214 Å². The summed E-state index contributed by atoms with van der Waals surface area (Å²) in [7, 11) is 14.1. The normalized spacial score (nSPS) is 18.2. The molecule has 1 fully saturated rings. The Hall–Kier alpha value is -3.72. The van der Waals surface area contributed by atoms with Gasteiger partial charge in [-0.15, -0.1) is 0 Å². The molecule has 0 saturated carbocycles. The SMILES string of the molecule is [B]C1([B])c2ncccc2C(=O)N1Cc1c(F)cc(-c2ccc(OCC3CCO3)c3nn(C)cc23)cc1F. The van der Waals surface area contributed by atoms with Gasteiger partial charge in [-0.25, -0.2) is 8.78 Å². The molecule has 2 aliphatic heterocycles. The maximum absolute atomic E-state index is 15.4. The second kappa shape index (κ2) is 8.69. The minimum absolute atomic E-state index is 0.0565. The van der Waals surface area contributed by atoms with Crippen molar-refractivity contribution in [2.24, 2.45) is 7.05 Å². The fraction of sp³-hybridized carbons (Fsp3) is 0.269. The fourth-order valence-electron chi connectivity index (χ4n) is 4.77. The van der Waals surface area contributed by atoms with Crippen molar-refractivity contribution in [2.45, 2.75) is 24.4 Å². The van der Waals surface area contributed by atoms with Crippen LogP contribution >= 0.6 is 0 Å². The highest BCUT2D eigenvalue weighted by Crippen LogP contribution is 2.38. The van der Waals surface area contributed by atoms with Crippen molar-refractivity contribution in [1.29, 1.82) is 0 Å². The van der Waals surface area contributed by atoms with Gasteiger partial charge in [-0.05, 0) is 47.5 Å². The van der Waals surface area contributed by atoms with Crippen molar-refractivity contribution in [1.82, 2.24) is 19.7 Å². The molecule has 11 heteroatoms. The highest BCUT2D eigenvalue weighted by molar-refractivity contribution is 6.42. The molecule has 4 heterocycles. The van der Waals surface area contributed by atoms with Gasteiger partial charge >= 0.3 is 0 Å². The Morgan fingerprint density at radius 2 is 1.95 bits per heavy atom. The zero-order chi connectivity index (χ0) is 25.9. The summed E-state index contributed by atoms with van der Waals surface area (Å²) in [5.74, 6) is -1.64. The first-order valence-corrected chi connectivity index (χ1v) is 11.8. The molecule has 0 N–H and O–H groups in total. The van der Waals surface area contributed by atoms with E-state index in [0.717, 1.165) is 17.9 Å². The third-order valence-electron chi connectivity index (χ3n) is 6.85. The van der Waals surface area contributed by atoms with Crippen molar-refractivity contribution in [2.75, 3.05) is 13.2 Å². The zero-order valence-corrected chi connectivity index (χ0v) is 19.9. The van der Waals surface area contributed by atoms with Gasteiger partial charge in [-0.3, -0.25) is 14.5 Å². The number of benzene rings is 2. The Morgan fingerprint density at radius 1 is 1.19 bits per heavy atom.